The molecule has 2 nitrogen and oxygen atoms in total. The summed E-state index contributed by atoms with van der Waals surface area (Å²) >= 11 is 1.76. The minimum atomic E-state index is -3.10. The fraction of sp³-hybridized carbons (Fsp3) is 0. The van der Waals surface area contributed by atoms with Crippen LogP contribution in [0, 0.1) is 0 Å². The van der Waals surface area contributed by atoms with Gasteiger partial charge in [0.2, 0.25) is 0 Å². The summed E-state index contributed by atoms with van der Waals surface area (Å²) < 4.78 is 17.5. The molecule has 4 heteroatoms. The van der Waals surface area contributed by atoms with E-state index in [2.05, 4.69) is 89.5 Å². The Morgan fingerprint density at radius 2 is 0.950 bits per heavy atom. The van der Waals surface area contributed by atoms with Crippen LogP contribution < -0.4 is 15.9 Å². The third-order valence-corrected chi connectivity index (χ3v) is 11.4. The molecular weight excluding hydrogens is 525 g/mol. The van der Waals surface area contributed by atoms with E-state index in [4.69, 9.17) is 0 Å². The third kappa shape index (κ3) is 4.29. The number of hydrogen-bond acceptors (Lipinski definition) is 2. The summed E-state index contributed by atoms with van der Waals surface area (Å²) in [6.07, 6.45) is 0. The summed E-state index contributed by atoms with van der Waals surface area (Å²) in [6, 6.07) is 53.7. The number of nitrogens with zero attached hydrogens (tertiary/aromatic N) is 1. The second-order valence-corrected chi connectivity index (χ2v) is 13.7. The molecule has 0 bridgehead atoms. The summed E-state index contributed by atoms with van der Waals surface area (Å²) in [5.41, 5.74) is 3.33. The Kier molecular flexibility index (Phi) is 6.40. The van der Waals surface area contributed by atoms with Crippen LogP contribution in [0.3, 0.4) is 0 Å². The predicted molar refractivity (Wildman–Crippen MR) is 171 cm³/mol. The average molecular weight is 552 g/mol. The molecule has 0 aliphatic heterocycles. The highest BCUT2D eigenvalue weighted by Gasteiger charge is 2.30. The molecule has 0 saturated heterocycles. The van der Waals surface area contributed by atoms with Gasteiger partial charge in [-0.25, -0.2) is 0 Å². The van der Waals surface area contributed by atoms with Gasteiger partial charge in [-0.15, -0.1) is 0 Å². The zero-order chi connectivity index (χ0) is 26.9. The van der Waals surface area contributed by atoms with Gasteiger partial charge in [-0.1, -0.05) is 109 Å². The van der Waals surface area contributed by atoms with Gasteiger partial charge in [0.15, 0.2) is 7.14 Å². The van der Waals surface area contributed by atoms with Gasteiger partial charge in [0.25, 0.3) is 0 Å². The van der Waals surface area contributed by atoms with Crippen LogP contribution in [-0.2, 0) is 4.57 Å². The van der Waals surface area contributed by atoms with Crippen molar-refractivity contribution >= 4 is 56.6 Å². The third-order valence-electron chi connectivity index (χ3n) is 7.32. The lowest BCUT2D eigenvalue weighted by molar-refractivity contribution is 0.592. The predicted octanol–water partition coefficient (Wildman–Crippen LogP) is 8.57. The first kappa shape index (κ1) is 24.7. The Labute approximate surface area is 238 Å². The van der Waals surface area contributed by atoms with Crippen LogP contribution in [0.4, 0.5) is 0 Å². The number of fused-ring (bicyclic) bond motifs is 3. The van der Waals surface area contributed by atoms with Crippen LogP contribution in [0.1, 0.15) is 0 Å². The van der Waals surface area contributed by atoms with E-state index in [1.54, 1.807) is 11.8 Å². The van der Waals surface area contributed by atoms with Gasteiger partial charge in [-0.05, 0) is 60.7 Å². The SMILES string of the molecule is O=P(c1ccccc1)(c1ccccc1)c1ccc2c(c1)c1cc(Sc3ccccc3)ccc1n2-c1ccccc1. The molecule has 192 valence electrons. The maximum absolute atomic E-state index is 15.2. The number of hydrogen-bond donors (Lipinski definition) is 0. The Bertz CT molecular complexity index is 1940. The zero-order valence-corrected chi connectivity index (χ0v) is 23.4. The first-order valence-electron chi connectivity index (χ1n) is 13.3. The van der Waals surface area contributed by atoms with Crippen molar-refractivity contribution in [2.45, 2.75) is 9.79 Å². The van der Waals surface area contributed by atoms with Crippen LogP contribution in [-0.4, -0.2) is 4.57 Å². The molecule has 0 radical (unpaired) electrons. The summed E-state index contributed by atoms with van der Waals surface area (Å²) in [4.78, 5) is 2.37. The maximum atomic E-state index is 15.2. The van der Waals surface area contributed by atoms with E-state index in [1.807, 2.05) is 72.8 Å². The molecular formula is C36H26NOPS. The quantitative estimate of drug-likeness (QED) is 0.193. The monoisotopic (exact) mass is 551 g/mol. The number of rotatable bonds is 6. The van der Waals surface area contributed by atoms with Crippen molar-refractivity contribution in [3.05, 3.63) is 158 Å². The highest BCUT2D eigenvalue weighted by atomic mass is 32.2. The average Bonchev–Trinajstić information content (AvgIpc) is 3.35. The van der Waals surface area contributed by atoms with Gasteiger partial charge in [-0.3, -0.25) is 0 Å². The first-order chi connectivity index (χ1) is 19.7. The topological polar surface area (TPSA) is 22.0 Å². The van der Waals surface area contributed by atoms with Gasteiger partial charge in [0.1, 0.15) is 0 Å². The minimum absolute atomic E-state index is 0.839. The normalized spacial score (nSPS) is 11.7. The smallest absolute Gasteiger partial charge is 0.171 e. The Hall–Kier alpha value is -4.30. The van der Waals surface area contributed by atoms with Gasteiger partial charge in [0.05, 0.1) is 11.0 Å². The Balaban J connectivity index is 1.49. The van der Waals surface area contributed by atoms with Crippen LogP contribution in [0.2, 0.25) is 0 Å². The van der Waals surface area contributed by atoms with Crippen molar-refractivity contribution in [3.63, 3.8) is 0 Å². The molecule has 7 rings (SSSR count). The molecule has 7 aromatic rings. The summed E-state index contributed by atoms with van der Waals surface area (Å²) in [6.45, 7) is 0. The minimum Gasteiger partial charge on any atom is -0.309 e. The second-order valence-electron chi connectivity index (χ2n) is 9.75. The fourth-order valence-corrected chi connectivity index (χ4v) is 9.00. The van der Waals surface area contributed by atoms with E-state index in [9.17, 15) is 0 Å². The Morgan fingerprint density at radius 3 is 1.55 bits per heavy atom. The van der Waals surface area contributed by atoms with Gasteiger partial charge in [-0.2, -0.15) is 0 Å². The van der Waals surface area contributed by atoms with E-state index in [-0.39, 0.29) is 0 Å². The fourth-order valence-electron chi connectivity index (χ4n) is 5.45. The van der Waals surface area contributed by atoms with Gasteiger partial charge in [0, 0.05) is 42.2 Å². The summed E-state index contributed by atoms with van der Waals surface area (Å²) in [5.74, 6) is 0. The lowest BCUT2D eigenvalue weighted by atomic mass is 10.1. The van der Waals surface area contributed by atoms with E-state index in [0.29, 0.717) is 0 Å². The molecule has 0 aliphatic carbocycles. The van der Waals surface area contributed by atoms with Crippen LogP contribution in [0.5, 0.6) is 0 Å². The first-order valence-corrected chi connectivity index (χ1v) is 15.8. The highest BCUT2D eigenvalue weighted by molar-refractivity contribution is 7.99. The van der Waals surface area contributed by atoms with Gasteiger partial charge < -0.3 is 9.13 Å². The second kappa shape index (κ2) is 10.4. The maximum Gasteiger partial charge on any atom is 0.171 e. The zero-order valence-electron chi connectivity index (χ0n) is 21.7. The number of aromatic nitrogens is 1. The molecule has 1 heterocycles. The molecule has 0 aliphatic rings. The van der Waals surface area contributed by atoms with Crippen molar-refractivity contribution in [3.8, 4) is 5.69 Å². The lowest BCUT2D eigenvalue weighted by Crippen LogP contribution is -2.24. The molecule has 1 aromatic heterocycles. The molecule has 0 saturated carbocycles. The Morgan fingerprint density at radius 1 is 0.450 bits per heavy atom. The highest BCUT2D eigenvalue weighted by Crippen LogP contribution is 2.44. The molecule has 40 heavy (non-hydrogen) atoms. The van der Waals surface area contributed by atoms with Crippen molar-refractivity contribution in [2.75, 3.05) is 0 Å². The van der Waals surface area contributed by atoms with Crippen LogP contribution in [0.15, 0.2) is 168 Å². The van der Waals surface area contributed by atoms with Crippen LogP contribution >= 0.6 is 18.9 Å². The van der Waals surface area contributed by atoms with E-state index < -0.39 is 7.14 Å². The molecule has 0 amide bonds. The standard InChI is InChI=1S/C36H26NOPS/c38-39(28-15-7-2-8-16-28,29-17-9-3-10-18-29)30-21-23-35-33(25-30)34-26-32(40-31-19-11-4-12-20-31)22-24-36(34)37(35)27-13-5-1-6-14-27/h1-26H. The van der Waals surface area contributed by atoms with Crippen LogP contribution in [0.25, 0.3) is 27.5 Å². The molecule has 0 atom stereocenters. The van der Waals surface area contributed by atoms with Crippen molar-refractivity contribution in [1.82, 2.24) is 4.57 Å². The number of para-hydroxylation sites is 1. The molecule has 0 fully saturated rings. The molecule has 0 unspecified atom stereocenters. The summed E-state index contributed by atoms with van der Waals surface area (Å²) in [5, 5.41) is 4.76. The van der Waals surface area contributed by atoms with E-state index in [1.165, 1.54) is 9.79 Å². The molecule has 6 aromatic carbocycles. The van der Waals surface area contributed by atoms with E-state index >= 15 is 4.57 Å². The number of benzene rings is 6. The molecule has 0 N–H and O–H groups in total. The lowest BCUT2D eigenvalue weighted by Gasteiger charge is -2.20. The van der Waals surface area contributed by atoms with Gasteiger partial charge >= 0.3 is 0 Å². The van der Waals surface area contributed by atoms with Crippen molar-refractivity contribution in [2.24, 2.45) is 0 Å². The van der Waals surface area contributed by atoms with Crippen molar-refractivity contribution < 1.29 is 4.57 Å². The largest absolute Gasteiger partial charge is 0.309 e. The van der Waals surface area contributed by atoms with Crippen molar-refractivity contribution in [1.29, 1.82) is 0 Å². The van der Waals surface area contributed by atoms with E-state index in [0.717, 1.165) is 43.4 Å². The molecule has 0 spiro atoms. The summed E-state index contributed by atoms with van der Waals surface area (Å²) in [7, 11) is -3.10.